The number of nitrogens with zero attached hydrogens (tertiary/aromatic N) is 3. The monoisotopic (exact) mass is 420 g/mol. The maximum atomic E-state index is 12.3. The van der Waals surface area contributed by atoms with Crippen LogP contribution in [0.4, 0.5) is 17.1 Å². The van der Waals surface area contributed by atoms with Crippen molar-refractivity contribution in [3.05, 3.63) is 104 Å². The first-order valence-electron chi connectivity index (χ1n) is 8.94. The summed E-state index contributed by atoms with van der Waals surface area (Å²) in [4.78, 5) is 33.2. The molecule has 1 N–H and O–H groups in total. The Morgan fingerprint density at radius 3 is 2.39 bits per heavy atom. The van der Waals surface area contributed by atoms with Crippen molar-refractivity contribution in [1.82, 2.24) is 0 Å². The first-order valence-corrected chi connectivity index (χ1v) is 8.94. The number of nitro groups is 2. The average molecular weight is 420 g/mol. The Labute approximate surface area is 176 Å². The Morgan fingerprint density at radius 2 is 1.74 bits per heavy atom. The van der Waals surface area contributed by atoms with Crippen LogP contribution in [0.5, 0.6) is 5.75 Å². The Hall–Kier alpha value is -4.60. The highest BCUT2D eigenvalue weighted by Crippen LogP contribution is 2.28. The van der Waals surface area contributed by atoms with Crippen LogP contribution in [-0.4, -0.2) is 22.0 Å². The smallest absolute Gasteiger partial charge is 0.343 e. The van der Waals surface area contributed by atoms with Crippen molar-refractivity contribution >= 4 is 29.2 Å². The number of esters is 1. The molecule has 0 aliphatic heterocycles. The number of nitro benzene ring substituents is 2. The molecule has 0 aliphatic rings. The van der Waals surface area contributed by atoms with Crippen LogP contribution >= 0.6 is 0 Å². The second-order valence-corrected chi connectivity index (χ2v) is 6.42. The highest BCUT2D eigenvalue weighted by atomic mass is 16.6. The van der Waals surface area contributed by atoms with Gasteiger partial charge in [0.25, 0.3) is 5.69 Å². The van der Waals surface area contributed by atoms with Gasteiger partial charge >= 0.3 is 11.7 Å². The molecule has 0 spiro atoms. The van der Waals surface area contributed by atoms with Gasteiger partial charge in [0.15, 0.2) is 0 Å². The average Bonchev–Trinajstić information content (AvgIpc) is 2.75. The topological polar surface area (TPSA) is 137 Å². The largest absolute Gasteiger partial charge is 0.416 e. The van der Waals surface area contributed by atoms with E-state index in [-0.39, 0.29) is 22.7 Å². The Balaban J connectivity index is 1.73. The maximum Gasteiger partial charge on any atom is 0.343 e. The number of non-ortho nitro benzene ring substituents is 1. The predicted octanol–water partition coefficient (Wildman–Crippen LogP) is 4.48. The number of hydrogen-bond acceptors (Lipinski definition) is 8. The fraction of sp³-hybridized carbons (Fsp3) is 0.0476. The van der Waals surface area contributed by atoms with Crippen LogP contribution in [-0.2, 0) is 0 Å². The quantitative estimate of drug-likeness (QED) is 0.196. The van der Waals surface area contributed by atoms with Gasteiger partial charge in [0.1, 0.15) is 0 Å². The second-order valence-electron chi connectivity index (χ2n) is 6.42. The highest BCUT2D eigenvalue weighted by Gasteiger charge is 2.19. The summed E-state index contributed by atoms with van der Waals surface area (Å²) >= 11 is 0. The summed E-state index contributed by atoms with van der Waals surface area (Å²) < 4.78 is 5.21. The van der Waals surface area contributed by atoms with E-state index in [2.05, 4.69) is 10.5 Å². The molecule has 0 atom stereocenters. The SMILES string of the molecule is Cc1cccc(C(=O)Oc2ccc(C=NNc3ccc([N+](=O)[O-])cc3)cc2[N+](=O)[O-])c1. The number of anilines is 1. The summed E-state index contributed by atoms with van der Waals surface area (Å²) in [6.45, 7) is 1.82. The molecule has 0 aromatic heterocycles. The summed E-state index contributed by atoms with van der Waals surface area (Å²) in [6.07, 6.45) is 1.33. The van der Waals surface area contributed by atoms with Gasteiger partial charge in [-0.3, -0.25) is 25.7 Å². The molecule has 3 rings (SSSR count). The maximum absolute atomic E-state index is 12.3. The summed E-state index contributed by atoms with van der Waals surface area (Å²) in [7, 11) is 0. The van der Waals surface area contributed by atoms with E-state index in [9.17, 15) is 25.0 Å². The fourth-order valence-electron chi connectivity index (χ4n) is 2.61. The van der Waals surface area contributed by atoms with Gasteiger partial charge in [-0.25, -0.2) is 4.79 Å². The summed E-state index contributed by atoms with van der Waals surface area (Å²) in [6, 6.07) is 16.3. The number of ether oxygens (including phenoxy) is 1. The van der Waals surface area contributed by atoms with Crippen molar-refractivity contribution in [2.24, 2.45) is 5.10 Å². The molecule has 3 aromatic carbocycles. The highest BCUT2D eigenvalue weighted by molar-refractivity contribution is 5.92. The van der Waals surface area contributed by atoms with Crippen LogP contribution in [0.15, 0.2) is 71.8 Å². The van der Waals surface area contributed by atoms with Gasteiger partial charge < -0.3 is 4.74 Å². The van der Waals surface area contributed by atoms with Crippen molar-refractivity contribution in [3.63, 3.8) is 0 Å². The minimum absolute atomic E-state index is 0.0547. The van der Waals surface area contributed by atoms with E-state index in [1.54, 1.807) is 18.2 Å². The van der Waals surface area contributed by atoms with Crippen molar-refractivity contribution < 1.29 is 19.4 Å². The van der Waals surface area contributed by atoms with Crippen LogP contribution in [0.25, 0.3) is 0 Å². The summed E-state index contributed by atoms with van der Waals surface area (Å²) in [5.74, 6) is -0.884. The summed E-state index contributed by atoms with van der Waals surface area (Å²) in [5, 5.41) is 26.0. The van der Waals surface area contributed by atoms with Crippen molar-refractivity contribution in [3.8, 4) is 5.75 Å². The molecular weight excluding hydrogens is 404 g/mol. The normalized spacial score (nSPS) is 10.6. The lowest BCUT2D eigenvalue weighted by molar-refractivity contribution is -0.385. The van der Waals surface area contributed by atoms with Gasteiger partial charge in [-0.1, -0.05) is 17.7 Å². The third-order valence-corrected chi connectivity index (χ3v) is 4.12. The Morgan fingerprint density at radius 1 is 1.00 bits per heavy atom. The first kappa shape index (κ1) is 21.1. The zero-order valence-electron chi connectivity index (χ0n) is 16.2. The number of nitrogens with one attached hydrogen (secondary N) is 1. The van der Waals surface area contributed by atoms with E-state index in [0.717, 1.165) is 5.56 Å². The number of aryl methyl sites for hydroxylation is 1. The Bertz CT molecular complexity index is 1170. The Kier molecular flexibility index (Phi) is 6.31. The van der Waals surface area contributed by atoms with E-state index >= 15 is 0 Å². The van der Waals surface area contributed by atoms with E-state index in [4.69, 9.17) is 4.74 Å². The number of rotatable bonds is 7. The molecule has 0 radical (unpaired) electrons. The third kappa shape index (κ3) is 5.48. The molecule has 0 saturated heterocycles. The molecule has 156 valence electrons. The zero-order valence-corrected chi connectivity index (χ0v) is 16.2. The lowest BCUT2D eigenvalue weighted by Crippen LogP contribution is -2.10. The minimum Gasteiger partial charge on any atom is -0.416 e. The first-order chi connectivity index (χ1) is 14.8. The van der Waals surface area contributed by atoms with Crippen molar-refractivity contribution in [2.45, 2.75) is 6.92 Å². The molecule has 0 aliphatic carbocycles. The molecular formula is C21H16N4O6. The van der Waals surface area contributed by atoms with Gasteiger partial charge in [0.2, 0.25) is 5.75 Å². The molecule has 31 heavy (non-hydrogen) atoms. The van der Waals surface area contributed by atoms with Crippen LogP contribution < -0.4 is 10.2 Å². The van der Waals surface area contributed by atoms with Gasteiger partial charge in [-0.15, -0.1) is 0 Å². The van der Waals surface area contributed by atoms with E-state index < -0.39 is 15.8 Å². The summed E-state index contributed by atoms with van der Waals surface area (Å²) in [5.41, 5.74) is 4.26. The van der Waals surface area contributed by atoms with Crippen LogP contribution in [0.1, 0.15) is 21.5 Å². The molecule has 10 heteroatoms. The van der Waals surface area contributed by atoms with Crippen molar-refractivity contribution in [1.29, 1.82) is 0 Å². The molecule has 0 heterocycles. The predicted molar refractivity (Wildman–Crippen MR) is 114 cm³/mol. The number of carbonyl (C=O) groups excluding carboxylic acids is 1. The fourth-order valence-corrected chi connectivity index (χ4v) is 2.61. The van der Waals surface area contributed by atoms with E-state index in [1.807, 2.05) is 13.0 Å². The number of carbonyl (C=O) groups is 1. The third-order valence-electron chi connectivity index (χ3n) is 4.12. The molecule has 0 bridgehead atoms. The molecule has 10 nitrogen and oxygen atoms in total. The lowest BCUT2D eigenvalue weighted by Gasteiger charge is -2.06. The zero-order chi connectivity index (χ0) is 22.4. The van der Waals surface area contributed by atoms with E-state index in [0.29, 0.717) is 11.3 Å². The van der Waals surface area contributed by atoms with Gasteiger partial charge in [0, 0.05) is 23.8 Å². The van der Waals surface area contributed by atoms with Crippen LogP contribution in [0.3, 0.4) is 0 Å². The number of hydrazone groups is 1. The van der Waals surface area contributed by atoms with Crippen LogP contribution in [0.2, 0.25) is 0 Å². The van der Waals surface area contributed by atoms with Gasteiger partial charge in [-0.05, 0) is 43.3 Å². The molecule has 0 saturated carbocycles. The standard InChI is InChI=1S/C21H16N4O6/c1-14-3-2-4-16(11-14)21(26)31-20-10-5-15(12-19(20)25(29)30)13-22-23-17-6-8-18(9-7-17)24(27)28/h2-13,23H,1H3. The molecule has 0 unspecified atom stereocenters. The lowest BCUT2D eigenvalue weighted by atomic mass is 10.1. The minimum atomic E-state index is -0.701. The van der Waals surface area contributed by atoms with E-state index in [1.165, 1.54) is 48.7 Å². The van der Waals surface area contributed by atoms with Crippen molar-refractivity contribution in [2.75, 3.05) is 5.43 Å². The molecule has 0 amide bonds. The second kappa shape index (κ2) is 9.27. The number of hydrogen-bond donors (Lipinski definition) is 1. The molecule has 3 aromatic rings. The van der Waals surface area contributed by atoms with Gasteiger partial charge in [0.05, 0.1) is 27.3 Å². The number of benzene rings is 3. The van der Waals surface area contributed by atoms with Crippen LogP contribution in [0, 0.1) is 27.2 Å². The molecule has 0 fully saturated rings. The van der Waals surface area contributed by atoms with Gasteiger partial charge in [-0.2, -0.15) is 5.10 Å².